The molecule has 134 valence electrons. The molecule has 0 aliphatic carbocycles. The van der Waals surface area contributed by atoms with Gasteiger partial charge < -0.3 is 10.1 Å². The highest BCUT2D eigenvalue weighted by molar-refractivity contribution is 9.10. The highest BCUT2D eigenvalue weighted by Crippen LogP contribution is 2.24. The third-order valence-electron chi connectivity index (χ3n) is 3.38. The predicted octanol–water partition coefficient (Wildman–Crippen LogP) is 5.24. The Morgan fingerprint density at radius 3 is 2.40 bits per heavy atom. The molecule has 1 amide bonds. The minimum atomic E-state index is -4.39. The van der Waals surface area contributed by atoms with Crippen molar-refractivity contribution in [2.75, 3.05) is 0 Å². The van der Waals surface area contributed by atoms with Crippen LogP contribution in [0.5, 0.6) is 0 Å². The number of halogens is 4. The van der Waals surface area contributed by atoms with Crippen molar-refractivity contribution in [2.24, 2.45) is 0 Å². The summed E-state index contributed by atoms with van der Waals surface area (Å²) < 4.78 is 44.1. The van der Waals surface area contributed by atoms with Gasteiger partial charge in [-0.3, -0.25) is 0 Å². The summed E-state index contributed by atoms with van der Waals surface area (Å²) in [5, 5.41) is 2.32. The molecule has 25 heavy (non-hydrogen) atoms. The van der Waals surface area contributed by atoms with Crippen molar-refractivity contribution >= 4 is 22.0 Å². The summed E-state index contributed by atoms with van der Waals surface area (Å²) in [6, 6.07) is 14.8. The molecule has 1 N–H and O–H groups in total. The summed E-state index contributed by atoms with van der Waals surface area (Å²) in [6.45, 7) is 0.00228. The van der Waals surface area contributed by atoms with Crippen molar-refractivity contribution in [3.8, 4) is 0 Å². The van der Waals surface area contributed by atoms with E-state index in [0.717, 1.165) is 10.0 Å². The van der Waals surface area contributed by atoms with Crippen LogP contribution in [-0.4, -0.2) is 18.3 Å². The van der Waals surface area contributed by atoms with Crippen LogP contribution in [-0.2, 0) is 17.8 Å². The van der Waals surface area contributed by atoms with Crippen LogP contribution in [0.25, 0.3) is 0 Å². The van der Waals surface area contributed by atoms with Gasteiger partial charge in [0.1, 0.15) is 6.61 Å². The van der Waals surface area contributed by atoms with E-state index in [1.807, 2.05) is 6.07 Å². The fraction of sp³-hybridized carbons (Fsp3) is 0.278. The summed E-state index contributed by atoms with van der Waals surface area (Å²) in [5.74, 6) is 0. The highest BCUT2D eigenvalue weighted by atomic mass is 79.9. The van der Waals surface area contributed by atoms with Crippen molar-refractivity contribution in [3.63, 3.8) is 0 Å². The van der Waals surface area contributed by atoms with Crippen LogP contribution < -0.4 is 5.32 Å². The molecule has 0 fully saturated rings. The second-order valence-corrected chi connectivity index (χ2v) is 6.47. The van der Waals surface area contributed by atoms with Crippen LogP contribution in [0.4, 0.5) is 18.0 Å². The van der Waals surface area contributed by atoms with Crippen LogP contribution in [0, 0.1) is 0 Å². The van der Waals surface area contributed by atoms with Gasteiger partial charge in [0.05, 0.1) is 6.42 Å². The van der Waals surface area contributed by atoms with Gasteiger partial charge in [0, 0.05) is 10.5 Å². The van der Waals surface area contributed by atoms with Crippen molar-refractivity contribution in [1.29, 1.82) is 0 Å². The second kappa shape index (κ2) is 8.89. The van der Waals surface area contributed by atoms with Crippen LogP contribution in [0.1, 0.15) is 17.5 Å². The third-order valence-corrected chi connectivity index (χ3v) is 3.88. The number of ether oxygens (including phenoxy) is 1. The number of nitrogens with one attached hydrogen (secondary N) is 1. The number of hydrogen-bond acceptors (Lipinski definition) is 2. The molecule has 0 saturated carbocycles. The zero-order chi connectivity index (χ0) is 18.3. The van der Waals surface area contributed by atoms with Gasteiger partial charge in [0.15, 0.2) is 0 Å². The Hall–Kier alpha value is -2.02. The Morgan fingerprint density at radius 2 is 1.76 bits per heavy atom. The molecule has 0 bridgehead atoms. The predicted molar refractivity (Wildman–Crippen MR) is 92.1 cm³/mol. The maximum Gasteiger partial charge on any atom is 0.407 e. The van der Waals surface area contributed by atoms with Crippen LogP contribution in [0.3, 0.4) is 0 Å². The third kappa shape index (κ3) is 7.60. The largest absolute Gasteiger partial charge is 0.445 e. The van der Waals surface area contributed by atoms with Crippen molar-refractivity contribution in [2.45, 2.75) is 31.7 Å². The summed E-state index contributed by atoms with van der Waals surface area (Å²) in [4.78, 5) is 11.9. The van der Waals surface area contributed by atoms with E-state index < -0.39 is 24.7 Å². The van der Waals surface area contributed by atoms with Gasteiger partial charge in [-0.15, -0.1) is 0 Å². The zero-order valence-electron chi connectivity index (χ0n) is 13.2. The second-order valence-electron chi connectivity index (χ2n) is 5.56. The molecule has 0 saturated heterocycles. The number of carbonyl (C=O) groups excluding carboxylic acids is 1. The summed E-state index contributed by atoms with van der Waals surface area (Å²) >= 11 is 3.28. The lowest BCUT2D eigenvalue weighted by Gasteiger charge is -2.20. The first-order chi connectivity index (χ1) is 11.8. The Kier molecular flexibility index (Phi) is 6.87. The number of alkyl halides is 3. The standard InChI is InChI=1S/C18H17BrF3NO2/c19-15-8-4-7-14(9-15)10-16(11-18(20,21)22)23-17(24)25-12-13-5-2-1-3-6-13/h1-9,16H,10-12H2,(H,23,24). The highest BCUT2D eigenvalue weighted by Gasteiger charge is 2.33. The van der Waals surface area contributed by atoms with E-state index in [1.165, 1.54) is 0 Å². The van der Waals surface area contributed by atoms with Gasteiger partial charge >= 0.3 is 12.3 Å². The molecular formula is C18H17BrF3NO2. The van der Waals surface area contributed by atoms with E-state index in [2.05, 4.69) is 21.2 Å². The van der Waals surface area contributed by atoms with Gasteiger partial charge in [-0.1, -0.05) is 58.4 Å². The molecule has 0 aromatic heterocycles. The van der Waals surface area contributed by atoms with E-state index in [4.69, 9.17) is 4.74 Å². The minimum Gasteiger partial charge on any atom is -0.445 e. The molecule has 0 spiro atoms. The van der Waals surface area contributed by atoms with Crippen LogP contribution >= 0.6 is 15.9 Å². The summed E-state index contributed by atoms with van der Waals surface area (Å²) in [7, 11) is 0. The molecule has 3 nitrogen and oxygen atoms in total. The first kappa shape index (κ1) is 19.3. The average Bonchev–Trinajstić information content (AvgIpc) is 2.52. The van der Waals surface area contributed by atoms with E-state index in [-0.39, 0.29) is 13.0 Å². The maximum atomic E-state index is 12.8. The Morgan fingerprint density at radius 1 is 1.08 bits per heavy atom. The van der Waals surface area contributed by atoms with Crippen LogP contribution in [0.2, 0.25) is 0 Å². The average molecular weight is 416 g/mol. The quantitative estimate of drug-likeness (QED) is 0.700. The molecule has 0 aliphatic rings. The molecule has 1 atom stereocenters. The molecule has 2 aromatic carbocycles. The first-order valence-corrected chi connectivity index (χ1v) is 8.39. The minimum absolute atomic E-state index is 0.00228. The molecule has 0 heterocycles. The van der Waals surface area contributed by atoms with E-state index in [1.54, 1.807) is 48.5 Å². The lowest BCUT2D eigenvalue weighted by atomic mass is 10.0. The maximum absolute atomic E-state index is 12.8. The van der Waals surface area contributed by atoms with Crippen molar-refractivity contribution in [1.82, 2.24) is 5.32 Å². The smallest absolute Gasteiger partial charge is 0.407 e. The van der Waals surface area contributed by atoms with E-state index in [9.17, 15) is 18.0 Å². The number of benzene rings is 2. The van der Waals surface area contributed by atoms with Crippen molar-refractivity contribution in [3.05, 3.63) is 70.2 Å². The van der Waals surface area contributed by atoms with Gasteiger partial charge in [0.2, 0.25) is 0 Å². The Labute approximate surface area is 152 Å². The molecular weight excluding hydrogens is 399 g/mol. The molecule has 2 rings (SSSR count). The number of hydrogen-bond donors (Lipinski definition) is 1. The number of amides is 1. The lowest BCUT2D eigenvalue weighted by Crippen LogP contribution is -2.39. The lowest BCUT2D eigenvalue weighted by molar-refractivity contribution is -0.139. The van der Waals surface area contributed by atoms with Gasteiger partial charge in [-0.05, 0) is 29.7 Å². The monoisotopic (exact) mass is 415 g/mol. The normalized spacial score (nSPS) is 12.5. The SMILES string of the molecule is O=C(NC(Cc1cccc(Br)c1)CC(F)(F)F)OCc1ccccc1. The summed E-state index contributed by atoms with van der Waals surface area (Å²) in [6.07, 6.45) is -6.32. The Balaban J connectivity index is 1.96. The molecule has 7 heteroatoms. The fourth-order valence-electron chi connectivity index (χ4n) is 2.33. The molecule has 2 aromatic rings. The molecule has 0 radical (unpaired) electrons. The first-order valence-electron chi connectivity index (χ1n) is 7.60. The fourth-order valence-corrected chi connectivity index (χ4v) is 2.78. The molecule has 0 aliphatic heterocycles. The molecule has 1 unspecified atom stereocenters. The Bertz CT molecular complexity index is 692. The van der Waals surface area contributed by atoms with E-state index >= 15 is 0 Å². The zero-order valence-corrected chi connectivity index (χ0v) is 14.8. The van der Waals surface area contributed by atoms with E-state index in [0.29, 0.717) is 5.56 Å². The number of carbonyl (C=O) groups is 1. The van der Waals surface area contributed by atoms with Gasteiger partial charge in [0.25, 0.3) is 0 Å². The van der Waals surface area contributed by atoms with Gasteiger partial charge in [-0.2, -0.15) is 13.2 Å². The number of alkyl carbamates (subject to hydrolysis) is 1. The topological polar surface area (TPSA) is 38.3 Å². The van der Waals surface area contributed by atoms with Crippen LogP contribution in [0.15, 0.2) is 59.1 Å². The number of rotatable bonds is 6. The van der Waals surface area contributed by atoms with Crippen molar-refractivity contribution < 1.29 is 22.7 Å². The summed E-state index contributed by atoms with van der Waals surface area (Å²) in [5.41, 5.74) is 1.45. The van der Waals surface area contributed by atoms with Gasteiger partial charge in [-0.25, -0.2) is 4.79 Å².